The highest BCUT2D eigenvalue weighted by molar-refractivity contribution is 5.78. The van der Waals surface area contributed by atoms with Crippen molar-refractivity contribution >= 4 is 5.91 Å². The first-order chi connectivity index (χ1) is 10.2. The van der Waals surface area contributed by atoms with E-state index in [9.17, 15) is 4.79 Å². The lowest BCUT2D eigenvalue weighted by molar-refractivity contribution is -0.120. The summed E-state index contributed by atoms with van der Waals surface area (Å²) in [5.74, 6) is 0.751. The molecular weight excluding hydrogens is 264 g/mol. The van der Waals surface area contributed by atoms with Crippen molar-refractivity contribution in [2.75, 3.05) is 0 Å². The molecule has 3 rings (SSSR count). The first-order valence-electron chi connectivity index (χ1n) is 7.41. The molecule has 5 nitrogen and oxygen atoms in total. The zero-order chi connectivity index (χ0) is 14.7. The van der Waals surface area contributed by atoms with E-state index < -0.39 is 0 Å². The fourth-order valence-corrected chi connectivity index (χ4v) is 2.56. The minimum Gasteiger partial charge on any atom is -0.350 e. The first kappa shape index (κ1) is 13.8. The molecule has 0 atom stereocenters. The van der Waals surface area contributed by atoms with Gasteiger partial charge in [0.1, 0.15) is 5.69 Å². The van der Waals surface area contributed by atoms with Crippen LogP contribution in [0.5, 0.6) is 0 Å². The SMILES string of the molecule is Cn1ncc(CNC(=O)Cc2ccc(C3CCC3)cc2)n1. The quantitative estimate of drug-likeness (QED) is 0.913. The lowest BCUT2D eigenvalue weighted by Gasteiger charge is -2.25. The van der Waals surface area contributed by atoms with E-state index in [1.807, 2.05) is 0 Å². The highest BCUT2D eigenvalue weighted by atomic mass is 16.1. The summed E-state index contributed by atoms with van der Waals surface area (Å²) in [5, 5.41) is 11.0. The number of aromatic nitrogens is 3. The molecule has 0 radical (unpaired) electrons. The molecule has 1 heterocycles. The third kappa shape index (κ3) is 3.48. The summed E-state index contributed by atoms with van der Waals surface area (Å²) in [7, 11) is 1.76. The predicted molar refractivity (Wildman–Crippen MR) is 79.6 cm³/mol. The maximum atomic E-state index is 11.9. The Morgan fingerprint density at radius 1 is 1.33 bits per heavy atom. The van der Waals surface area contributed by atoms with Gasteiger partial charge in [0.05, 0.1) is 19.2 Å². The summed E-state index contributed by atoms with van der Waals surface area (Å²) in [4.78, 5) is 13.4. The van der Waals surface area contributed by atoms with Crippen LogP contribution in [0.2, 0.25) is 0 Å². The molecule has 1 fully saturated rings. The van der Waals surface area contributed by atoms with Crippen LogP contribution < -0.4 is 5.32 Å². The molecule has 110 valence electrons. The van der Waals surface area contributed by atoms with Crippen LogP contribution in [0, 0.1) is 0 Å². The lowest BCUT2D eigenvalue weighted by atomic mass is 9.80. The Hall–Kier alpha value is -2.17. The van der Waals surface area contributed by atoms with Gasteiger partial charge in [0.15, 0.2) is 0 Å². The minimum atomic E-state index is 0.0112. The van der Waals surface area contributed by atoms with E-state index in [0.717, 1.165) is 17.2 Å². The second-order valence-electron chi connectivity index (χ2n) is 5.65. The van der Waals surface area contributed by atoms with Gasteiger partial charge in [0.25, 0.3) is 0 Å². The van der Waals surface area contributed by atoms with E-state index in [1.165, 1.54) is 29.6 Å². The second kappa shape index (κ2) is 6.08. The van der Waals surface area contributed by atoms with Crippen LogP contribution in [0.15, 0.2) is 30.5 Å². The van der Waals surface area contributed by atoms with Crippen molar-refractivity contribution in [2.24, 2.45) is 7.05 Å². The topological polar surface area (TPSA) is 59.8 Å². The van der Waals surface area contributed by atoms with Gasteiger partial charge in [0.2, 0.25) is 5.91 Å². The molecule has 1 aromatic heterocycles. The fourth-order valence-electron chi connectivity index (χ4n) is 2.56. The molecule has 0 spiro atoms. The first-order valence-corrected chi connectivity index (χ1v) is 7.41. The molecule has 2 aromatic rings. The number of amides is 1. The molecule has 1 aromatic carbocycles. The molecule has 0 saturated heterocycles. The second-order valence-corrected chi connectivity index (χ2v) is 5.65. The van der Waals surface area contributed by atoms with Crippen molar-refractivity contribution in [3.8, 4) is 0 Å². The molecule has 1 amide bonds. The van der Waals surface area contributed by atoms with Crippen LogP contribution in [0.1, 0.15) is 42.0 Å². The molecular formula is C16H20N4O. The molecule has 5 heteroatoms. The number of carbonyl (C=O) groups is 1. The van der Waals surface area contributed by atoms with Gasteiger partial charge in [-0.3, -0.25) is 4.79 Å². The van der Waals surface area contributed by atoms with Gasteiger partial charge in [-0.25, -0.2) is 0 Å². The molecule has 0 unspecified atom stereocenters. The van der Waals surface area contributed by atoms with E-state index in [2.05, 4.69) is 39.8 Å². The van der Waals surface area contributed by atoms with Crippen molar-refractivity contribution in [1.29, 1.82) is 0 Å². The zero-order valence-corrected chi connectivity index (χ0v) is 12.2. The number of aryl methyl sites for hydroxylation is 1. The van der Waals surface area contributed by atoms with Crippen molar-refractivity contribution in [3.05, 3.63) is 47.3 Å². The Labute approximate surface area is 124 Å². The number of benzene rings is 1. The number of nitrogens with one attached hydrogen (secondary N) is 1. The molecule has 0 aliphatic heterocycles. The summed E-state index contributed by atoms with van der Waals surface area (Å²) in [6.07, 6.45) is 6.02. The lowest BCUT2D eigenvalue weighted by Crippen LogP contribution is -2.24. The maximum Gasteiger partial charge on any atom is 0.224 e. The van der Waals surface area contributed by atoms with Gasteiger partial charge in [-0.05, 0) is 29.9 Å². The third-order valence-electron chi connectivity index (χ3n) is 4.03. The summed E-state index contributed by atoms with van der Waals surface area (Å²) < 4.78 is 0. The summed E-state index contributed by atoms with van der Waals surface area (Å²) >= 11 is 0. The van der Waals surface area contributed by atoms with Crippen LogP contribution in [0.3, 0.4) is 0 Å². The number of hydrogen-bond donors (Lipinski definition) is 1. The third-order valence-corrected chi connectivity index (χ3v) is 4.03. The van der Waals surface area contributed by atoms with Crippen LogP contribution in [0.25, 0.3) is 0 Å². The number of hydrogen-bond acceptors (Lipinski definition) is 3. The van der Waals surface area contributed by atoms with Crippen molar-refractivity contribution < 1.29 is 4.79 Å². The van der Waals surface area contributed by atoms with E-state index in [-0.39, 0.29) is 5.91 Å². The van der Waals surface area contributed by atoms with E-state index >= 15 is 0 Å². The van der Waals surface area contributed by atoms with Crippen LogP contribution in [-0.2, 0) is 24.8 Å². The predicted octanol–water partition coefficient (Wildman–Crippen LogP) is 1.94. The minimum absolute atomic E-state index is 0.0112. The normalized spacial score (nSPS) is 14.7. The van der Waals surface area contributed by atoms with Gasteiger partial charge in [-0.2, -0.15) is 15.0 Å². The smallest absolute Gasteiger partial charge is 0.224 e. The van der Waals surface area contributed by atoms with E-state index in [1.54, 1.807) is 13.2 Å². The Balaban J connectivity index is 1.49. The Morgan fingerprint density at radius 2 is 2.10 bits per heavy atom. The van der Waals surface area contributed by atoms with Gasteiger partial charge in [-0.1, -0.05) is 30.7 Å². The van der Waals surface area contributed by atoms with Crippen LogP contribution >= 0.6 is 0 Å². The molecule has 1 aliphatic carbocycles. The monoisotopic (exact) mass is 284 g/mol. The zero-order valence-electron chi connectivity index (χ0n) is 12.2. The molecule has 21 heavy (non-hydrogen) atoms. The summed E-state index contributed by atoms with van der Waals surface area (Å²) in [6, 6.07) is 8.45. The van der Waals surface area contributed by atoms with Gasteiger partial charge in [0, 0.05) is 7.05 Å². The summed E-state index contributed by atoms with van der Waals surface area (Å²) in [5.41, 5.74) is 3.23. The standard InChI is InChI=1S/C16H20N4O/c1-20-18-11-15(19-20)10-17-16(21)9-12-5-7-14(8-6-12)13-3-2-4-13/h5-8,11,13H,2-4,9-10H2,1H3,(H,17,21). The van der Waals surface area contributed by atoms with Gasteiger partial charge in [-0.15, -0.1) is 0 Å². The van der Waals surface area contributed by atoms with Crippen molar-refractivity contribution in [3.63, 3.8) is 0 Å². The van der Waals surface area contributed by atoms with Crippen molar-refractivity contribution in [1.82, 2.24) is 20.3 Å². The molecule has 1 N–H and O–H groups in total. The number of nitrogens with zero attached hydrogens (tertiary/aromatic N) is 3. The number of carbonyl (C=O) groups excluding carboxylic acids is 1. The average molecular weight is 284 g/mol. The van der Waals surface area contributed by atoms with Gasteiger partial charge >= 0.3 is 0 Å². The van der Waals surface area contributed by atoms with Crippen molar-refractivity contribution in [2.45, 2.75) is 38.1 Å². The highest BCUT2D eigenvalue weighted by Crippen LogP contribution is 2.36. The van der Waals surface area contributed by atoms with Crippen LogP contribution in [-0.4, -0.2) is 20.9 Å². The Morgan fingerprint density at radius 3 is 2.67 bits per heavy atom. The van der Waals surface area contributed by atoms with E-state index in [4.69, 9.17) is 0 Å². The van der Waals surface area contributed by atoms with Crippen LogP contribution in [0.4, 0.5) is 0 Å². The Bertz CT molecular complexity index is 613. The molecule has 1 saturated carbocycles. The molecule has 1 aliphatic rings. The number of rotatable bonds is 5. The fraction of sp³-hybridized carbons (Fsp3) is 0.438. The summed E-state index contributed by atoms with van der Waals surface area (Å²) in [6.45, 7) is 0.423. The maximum absolute atomic E-state index is 11.9. The molecule has 0 bridgehead atoms. The highest BCUT2D eigenvalue weighted by Gasteiger charge is 2.19. The van der Waals surface area contributed by atoms with E-state index in [0.29, 0.717) is 13.0 Å². The van der Waals surface area contributed by atoms with Gasteiger partial charge < -0.3 is 5.32 Å². The average Bonchev–Trinajstić information content (AvgIpc) is 2.83. The Kier molecular flexibility index (Phi) is 3.99. The largest absolute Gasteiger partial charge is 0.350 e.